The molecule has 0 bridgehead atoms. The fraction of sp³-hybridized carbons (Fsp3) is 0.464. The van der Waals surface area contributed by atoms with Gasteiger partial charge in [-0.3, -0.25) is 9.59 Å². The van der Waals surface area contributed by atoms with Crippen LogP contribution in [0.1, 0.15) is 40.1 Å². The van der Waals surface area contributed by atoms with Crippen molar-refractivity contribution in [1.29, 1.82) is 0 Å². The molecule has 37 heavy (non-hydrogen) atoms. The van der Waals surface area contributed by atoms with E-state index in [9.17, 15) is 9.59 Å². The molecular formula is C28H34N4O4S. The lowest BCUT2D eigenvalue weighted by atomic mass is 10.1. The molecule has 2 saturated heterocycles. The third kappa shape index (κ3) is 5.72. The Balaban J connectivity index is 1.46. The number of fused-ring (bicyclic) bond motifs is 1. The Labute approximate surface area is 221 Å². The molecule has 0 aliphatic carbocycles. The maximum atomic E-state index is 13.7. The minimum Gasteiger partial charge on any atom is -0.497 e. The topological polar surface area (TPSA) is 75.2 Å². The fourth-order valence-electron chi connectivity index (χ4n) is 5.06. The molecule has 4 heterocycles. The van der Waals surface area contributed by atoms with Gasteiger partial charge in [-0.1, -0.05) is 0 Å². The summed E-state index contributed by atoms with van der Waals surface area (Å²) in [6.45, 7) is 7.31. The van der Waals surface area contributed by atoms with Crippen LogP contribution in [0.2, 0.25) is 0 Å². The fourth-order valence-corrected chi connectivity index (χ4v) is 5.95. The monoisotopic (exact) mass is 522 g/mol. The van der Waals surface area contributed by atoms with Crippen molar-refractivity contribution in [3.05, 3.63) is 51.7 Å². The molecule has 0 unspecified atom stereocenters. The van der Waals surface area contributed by atoms with Crippen molar-refractivity contribution in [2.75, 3.05) is 57.9 Å². The zero-order valence-corrected chi connectivity index (χ0v) is 22.4. The second-order valence-corrected chi connectivity index (χ2v) is 10.5. The molecule has 2 fully saturated rings. The van der Waals surface area contributed by atoms with Crippen molar-refractivity contribution < 1.29 is 19.1 Å². The molecule has 0 saturated carbocycles. The highest BCUT2D eigenvalue weighted by atomic mass is 32.1. The van der Waals surface area contributed by atoms with E-state index in [0.29, 0.717) is 39.3 Å². The quantitative estimate of drug-likeness (QED) is 0.421. The predicted molar refractivity (Wildman–Crippen MR) is 146 cm³/mol. The summed E-state index contributed by atoms with van der Waals surface area (Å²) in [7, 11) is 1.66. The third-order valence-electron chi connectivity index (χ3n) is 7.12. The Bertz CT molecular complexity index is 1270. The van der Waals surface area contributed by atoms with Gasteiger partial charge in [-0.2, -0.15) is 0 Å². The molecule has 3 aromatic rings. The maximum Gasteiger partial charge on any atom is 0.264 e. The second kappa shape index (κ2) is 11.5. The Morgan fingerprint density at radius 2 is 2.03 bits per heavy atom. The number of carbonyl (C=O) groups excluding carboxylic acids is 2. The van der Waals surface area contributed by atoms with Crippen LogP contribution in [-0.2, 0) is 16.1 Å². The van der Waals surface area contributed by atoms with E-state index in [4.69, 9.17) is 14.5 Å². The smallest absolute Gasteiger partial charge is 0.264 e. The number of nitrogens with zero attached hydrogens (tertiary/aromatic N) is 4. The number of rotatable bonds is 9. The van der Waals surface area contributed by atoms with Gasteiger partial charge in [-0.05, 0) is 55.0 Å². The van der Waals surface area contributed by atoms with Gasteiger partial charge in [-0.25, -0.2) is 4.98 Å². The summed E-state index contributed by atoms with van der Waals surface area (Å²) in [4.78, 5) is 37.8. The number of likely N-dealkylation sites (tertiary alicyclic amines) is 1. The number of thiophene rings is 1. The summed E-state index contributed by atoms with van der Waals surface area (Å²) < 4.78 is 11.0. The summed E-state index contributed by atoms with van der Waals surface area (Å²) in [5, 5.41) is 2.98. The lowest BCUT2D eigenvalue weighted by molar-refractivity contribution is -0.127. The Morgan fingerprint density at radius 3 is 2.73 bits per heavy atom. The SMILES string of the molecule is COc1ccc2cc(CN(CCCN3CCCC3=O)C(=O)c3sccc3C)c(N3CCOCC3)nc2c1. The Hall–Kier alpha value is -3.17. The van der Waals surface area contributed by atoms with Crippen molar-refractivity contribution in [1.82, 2.24) is 14.8 Å². The van der Waals surface area contributed by atoms with Gasteiger partial charge in [0, 0.05) is 62.7 Å². The lowest BCUT2D eigenvalue weighted by Crippen LogP contribution is -2.39. The molecule has 9 heteroatoms. The van der Waals surface area contributed by atoms with E-state index in [0.717, 1.165) is 71.0 Å². The number of aryl methyl sites for hydroxylation is 1. The first-order valence-electron chi connectivity index (χ1n) is 12.9. The second-order valence-electron chi connectivity index (χ2n) is 9.63. The van der Waals surface area contributed by atoms with Gasteiger partial charge in [0.15, 0.2) is 0 Å². The number of carbonyl (C=O) groups is 2. The molecule has 5 rings (SSSR count). The van der Waals surface area contributed by atoms with E-state index in [2.05, 4.69) is 11.0 Å². The van der Waals surface area contributed by atoms with Crippen LogP contribution < -0.4 is 9.64 Å². The van der Waals surface area contributed by atoms with E-state index >= 15 is 0 Å². The van der Waals surface area contributed by atoms with Crippen molar-refractivity contribution in [3.8, 4) is 5.75 Å². The molecule has 0 spiro atoms. The molecule has 0 N–H and O–H groups in total. The number of aromatic nitrogens is 1. The number of ether oxygens (including phenoxy) is 2. The Morgan fingerprint density at radius 1 is 1.19 bits per heavy atom. The first-order valence-corrected chi connectivity index (χ1v) is 13.8. The first kappa shape index (κ1) is 25.5. The van der Waals surface area contributed by atoms with Crippen LogP contribution in [-0.4, -0.2) is 79.6 Å². The number of pyridine rings is 1. The van der Waals surface area contributed by atoms with E-state index in [1.165, 1.54) is 11.3 Å². The lowest BCUT2D eigenvalue weighted by Gasteiger charge is -2.31. The number of methoxy groups -OCH3 is 1. The predicted octanol–water partition coefficient (Wildman–Crippen LogP) is 4.10. The minimum absolute atomic E-state index is 0.0306. The molecule has 2 aliphatic rings. The van der Waals surface area contributed by atoms with Crippen LogP contribution in [0.5, 0.6) is 5.75 Å². The summed E-state index contributed by atoms with van der Waals surface area (Å²) in [6.07, 6.45) is 2.30. The highest BCUT2D eigenvalue weighted by molar-refractivity contribution is 7.12. The molecule has 2 aromatic heterocycles. The zero-order chi connectivity index (χ0) is 25.8. The highest BCUT2D eigenvalue weighted by Gasteiger charge is 2.25. The van der Waals surface area contributed by atoms with Crippen molar-refractivity contribution in [2.24, 2.45) is 0 Å². The zero-order valence-electron chi connectivity index (χ0n) is 21.6. The van der Waals surface area contributed by atoms with Crippen LogP contribution in [0, 0.1) is 6.92 Å². The van der Waals surface area contributed by atoms with Gasteiger partial charge in [0.1, 0.15) is 11.6 Å². The van der Waals surface area contributed by atoms with E-state index in [1.807, 2.05) is 46.4 Å². The van der Waals surface area contributed by atoms with Gasteiger partial charge in [0.25, 0.3) is 5.91 Å². The van der Waals surface area contributed by atoms with Crippen molar-refractivity contribution in [2.45, 2.75) is 32.7 Å². The minimum atomic E-state index is 0.0306. The van der Waals surface area contributed by atoms with Gasteiger partial charge >= 0.3 is 0 Å². The number of benzene rings is 1. The number of hydrogen-bond donors (Lipinski definition) is 0. The summed E-state index contributed by atoms with van der Waals surface area (Å²) >= 11 is 1.48. The first-order chi connectivity index (χ1) is 18.0. The normalized spacial score (nSPS) is 16.0. The van der Waals surface area contributed by atoms with Crippen LogP contribution in [0.3, 0.4) is 0 Å². The summed E-state index contributed by atoms with van der Waals surface area (Å²) in [6, 6.07) is 10.0. The molecule has 196 valence electrons. The number of anilines is 1. The molecule has 8 nitrogen and oxygen atoms in total. The molecular weight excluding hydrogens is 488 g/mol. The number of amides is 2. The molecule has 0 atom stereocenters. The highest BCUT2D eigenvalue weighted by Crippen LogP contribution is 2.29. The van der Waals surface area contributed by atoms with Crippen LogP contribution >= 0.6 is 11.3 Å². The van der Waals surface area contributed by atoms with Gasteiger partial charge in [0.05, 0.1) is 30.7 Å². The number of morpholine rings is 1. The van der Waals surface area contributed by atoms with Crippen molar-refractivity contribution in [3.63, 3.8) is 0 Å². The van der Waals surface area contributed by atoms with Crippen LogP contribution in [0.4, 0.5) is 5.82 Å². The average Bonchev–Trinajstić information content (AvgIpc) is 3.54. The van der Waals surface area contributed by atoms with Gasteiger partial charge < -0.3 is 24.2 Å². The molecule has 2 aliphatic heterocycles. The molecule has 2 amide bonds. The van der Waals surface area contributed by atoms with Crippen LogP contribution in [0.15, 0.2) is 35.7 Å². The Kier molecular flexibility index (Phi) is 7.90. The maximum absolute atomic E-state index is 13.7. The molecule has 0 radical (unpaired) electrons. The van der Waals surface area contributed by atoms with Crippen molar-refractivity contribution >= 4 is 39.9 Å². The summed E-state index contributed by atoms with van der Waals surface area (Å²) in [5.41, 5.74) is 2.87. The number of hydrogen-bond acceptors (Lipinski definition) is 7. The average molecular weight is 523 g/mol. The van der Waals surface area contributed by atoms with Crippen LogP contribution in [0.25, 0.3) is 10.9 Å². The van der Waals surface area contributed by atoms with Gasteiger partial charge in [0.2, 0.25) is 5.91 Å². The van der Waals surface area contributed by atoms with E-state index in [-0.39, 0.29) is 11.8 Å². The standard InChI is InChI=1S/C28H34N4O4S/c1-20-8-16-37-26(20)28(34)32(11-4-10-30-9-3-5-25(30)33)19-22-17-21-6-7-23(35-2)18-24(21)29-27(22)31-12-14-36-15-13-31/h6-8,16-18H,3-5,9-15,19H2,1-2H3. The third-order valence-corrected chi connectivity index (χ3v) is 8.13. The van der Waals surface area contributed by atoms with Gasteiger partial charge in [-0.15, -0.1) is 11.3 Å². The van der Waals surface area contributed by atoms with E-state index < -0.39 is 0 Å². The molecule has 1 aromatic carbocycles. The summed E-state index contributed by atoms with van der Waals surface area (Å²) in [5.74, 6) is 1.90. The van der Waals surface area contributed by atoms with E-state index in [1.54, 1.807) is 7.11 Å². The largest absolute Gasteiger partial charge is 0.497 e.